The van der Waals surface area contributed by atoms with Crippen molar-refractivity contribution in [1.82, 2.24) is 9.88 Å². The van der Waals surface area contributed by atoms with Crippen LogP contribution in [0.15, 0.2) is 53.6 Å². The van der Waals surface area contributed by atoms with Gasteiger partial charge in [0.1, 0.15) is 10.4 Å². The number of hydrogen-bond donors (Lipinski definition) is 2. The maximum absolute atomic E-state index is 13.0. The van der Waals surface area contributed by atoms with Crippen molar-refractivity contribution in [2.45, 2.75) is 12.5 Å². The molecular formula is C21H14Cl2N2O3S2. The number of amides is 1. The summed E-state index contributed by atoms with van der Waals surface area (Å²) in [5.41, 5.74) is 2.31. The van der Waals surface area contributed by atoms with Crippen LogP contribution in [0, 0.1) is 0 Å². The maximum atomic E-state index is 13.0. The second-order valence-corrected chi connectivity index (χ2v) is 9.15. The summed E-state index contributed by atoms with van der Waals surface area (Å²) >= 11 is 18.5. The molecule has 4 rings (SSSR count). The number of rotatable bonds is 5. The van der Waals surface area contributed by atoms with Crippen molar-refractivity contribution in [3.8, 4) is 0 Å². The maximum Gasteiger partial charge on any atom is 0.327 e. The largest absolute Gasteiger partial charge is 0.480 e. The van der Waals surface area contributed by atoms with E-state index in [1.807, 2.05) is 24.3 Å². The zero-order valence-corrected chi connectivity index (χ0v) is 18.4. The first-order chi connectivity index (χ1) is 14.3. The molecule has 152 valence electrons. The quantitative estimate of drug-likeness (QED) is 0.382. The lowest BCUT2D eigenvalue weighted by atomic mass is 10.0. The molecule has 0 radical (unpaired) electrons. The molecule has 2 heterocycles. The third kappa shape index (κ3) is 3.98. The van der Waals surface area contributed by atoms with Gasteiger partial charge in [0.25, 0.3) is 5.91 Å². The number of benzene rings is 2. The van der Waals surface area contributed by atoms with Crippen molar-refractivity contribution in [2.24, 2.45) is 0 Å². The van der Waals surface area contributed by atoms with Gasteiger partial charge >= 0.3 is 5.97 Å². The minimum Gasteiger partial charge on any atom is -0.480 e. The van der Waals surface area contributed by atoms with E-state index in [0.29, 0.717) is 20.5 Å². The Bertz CT molecular complexity index is 1220. The number of halogens is 2. The van der Waals surface area contributed by atoms with Gasteiger partial charge in [0.15, 0.2) is 0 Å². The zero-order chi connectivity index (χ0) is 21.4. The van der Waals surface area contributed by atoms with Crippen LogP contribution in [-0.2, 0) is 16.0 Å². The van der Waals surface area contributed by atoms with Gasteiger partial charge in [-0.1, -0.05) is 71.4 Å². The molecule has 1 aliphatic heterocycles. The summed E-state index contributed by atoms with van der Waals surface area (Å²) < 4.78 is 0.198. The minimum atomic E-state index is -1.12. The number of aliphatic carboxylic acids is 1. The predicted octanol–water partition coefficient (Wildman–Crippen LogP) is 5.37. The molecule has 0 bridgehead atoms. The number of thioether (sulfide) groups is 1. The van der Waals surface area contributed by atoms with Crippen LogP contribution >= 0.6 is 47.2 Å². The first kappa shape index (κ1) is 20.9. The molecule has 30 heavy (non-hydrogen) atoms. The molecule has 2 N–H and O–H groups in total. The molecule has 1 aliphatic rings. The lowest BCUT2D eigenvalue weighted by molar-refractivity contribution is -0.145. The van der Waals surface area contributed by atoms with Crippen LogP contribution in [0.2, 0.25) is 10.0 Å². The van der Waals surface area contributed by atoms with Crippen LogP contribution in [0.3, 0.4) is 0 Å². The number of H-pyrrole nitrogens is 1. The van der Waals surface area contributed by atoms with E-state index in [9.17, 15) is 14.7 Å². The number of carboxylic acids is 1. The van der Waals surface area contributed by atoms with Crippen LogP contribution in [0.25, 0.3) is 17.0 Å². The number of carboxylic acid groups (broad SMARTS) is 1. The number of aromatic nitrogens is 1. The molecule has 1 amide bonds. The third-order valence-electron chi connectivity index (χ3n) is 4.76. The Morgan fingerprint density at radius 1 is 1.27 bits per heavy atom. The van der Waals surface area contributed by atoms with E-state index in [2.05, 4.69) is 4.98 Å². The molecular weight excluding hydrogens is 463 g/mol. The van der Waals surface area contributed by atoms with Crippen LogP contribution in [0.1, 0.15) is 11.1 Å². The van der Waals surface area contributed by atoms with Crippen molar-refractivity contribution < 1.29 is 14.7 Å². The van der Waals surface area contributed by atoms with Crippen molar-refractivity contribution in [3.63, 3.8) is 0 Å². The van der Waals surface area contributed by atoms with E-state index in [0.717, 1.165) is 28.2 Å². The fourth-order valence-electron chi connectivity index (χ4n) is 3.31. The van der Waals surface area contributed by atoms with Gasteiger partial charge < -0.3 is 10.1 Å². The van der Waals surface area contributed by atoms with Gasteiger partial charge in [0, 0.05) is 33.6 Å². The number of carbonyl (C=O) groups is 2. The smallest absolute Gasteiger partial charge is 0.327 e. The zero-order valence-electron chi connectivity index (χ0n) is 15.3. The SMILES string of the molecule is O=C(O)C(Cc1c[nH]c2ccccc12)N1C(=O)/C(=C/c2ccc(Cl)cc2Cl)SC1=S. The fraction of sp³-hybridized carbons (Fsp3) is 0.0952. The summed E-state index contributed by atoms with van der Waals surface area (Å²) in [6.45, 7) is 0. The first-order valence-corrected chi connectivity index (χ1v) is 10.8. The van der Waals surface area contributed by atoms with Crippen molar-refractivity contribution in [3.05, 3.63) is 74.7 Å². The number of hydrogen-bond acceptors (Lipinski definition) is 4. The Balaban J connectivity index is 1.65. The van der Waals surface area contributed by atoms with Crippen molar-refractivity contribution in [2.75, 3.05) is 0 Å². The monoisotopic (exact) mass is 476 g/mol. The lowest BCUT2D eigenvalue weighted by Crippen LogP contribution is -2.45. The van der Waals surface area contributed by atoms with E-state index < -0.39 is 17.9 Å². The summed E-state index contributed by atoms with van der Waals surface area (Å²) in [4.78, 5) is 29.7. The molecule has 9 heteroatoms. The van der Waals surface area contributed by atoms with Gasteiger partial charge in [-0.3, -0.25) is 9.69 Å². The summed E-state index contributed by atoms with van der Waals surface area (Å²) in [6, 6.07) is 11.4. The molecule has 3 aromatic rings. The number of carbonyl (C=O) groups excluding carboxylic acids is 1. The van der Waals surface area contributed by atoms with Crippen LogP contribution in [0.5, 0.6) is 0 Å². The molecule has 0 saturated carbocycles. The van der Waals surface area contributed by atoms with Gasteiger partial charge in [-0.15, -0.1) is 0 Å². The highest BCUT2D eigenvalue weighted by molar-refractivity contribution is 8.26. The molecule has 1 saturated heterocycles. The Morgan fingerprint density at radius 3 is 2.77 bits per heavy atom. The highest BCUT2D eigenvalue weighted by atomic mass is 35.5. The van der Waals surface area contributed by atoms with Gasteiger partial charge in [-0.2, -0.15) is 0 Å². The Kier molecular flexibility index (Phi) is 5.88. The van der Waals surface area contributed by atoms with E-state index in [4.69, 9.17) is 35.4 Å². The van der Waals surface area contributed by atoms with Crippen LogP contribution < -0.4 is 0 Å². The van der Waals surface area contributed by atoms with Crippen LogP contribution in [0.4, 0.5) is 0 Å². The van der Waals surface area contributed by atoms with Gasteiger partial charge in [0.2, 0.25) is 0 Å². The molecule has 5 nitrogen and oxygen atoms in total. The Hall–Kier alpha value is -2.32. The first-order valence-electron chi connectivity index (χ1n) is 8.85. The number of nitrogens with one attached hydrogen (secondary N) is 1. The number of thiocarbonyl (C=S) groups is 1. The van der Waals surface area contributed by atoms with E-state index in [1.54, 1.807) is 30.5 Å². The number of aromatic amines is 1. The number of fused-ring (bicyclic) bond motifs is 1. The topological polar surface area (TPSA) is 73.4 Å². The van der Waals surface area contributed by atoms with E-state index >= 15 is 0 Å². The Morgan fingerprint density at radius 2 is 2.03 bits per heavy atom. The molecule has 0 aliphatic carbocycles. The second-order valence-electron chi connectivity index (χ2n) is 6.64. The van der Waals surface area contributed by atoms with Gasteiger partial charge in [0.05, 0.1) is 4.91 Å². The fourth-order valence-corrected chi connectivity index (χ4v) is 5.12. The summed E-state index contributed by atoms with van der Waals surface area (Å²) in [6.07, 6.45) is 3.49. The lowest BCUT2D eigenvalue weighted by Gasteiger charge is -2.23. The number of para-hydroxylation sites is 1. The summed E-state index contributed by atoms with van der Waals surface area (Å²) in [5.74, 6) is -1.58. The van der Waals surface area contributed by atoms with Gasteiger partial charge in [-0.25, -0.2) is 4.79 Å². The summed E-state index contributed by atoms with van der Waals surface area (Å²) in [5, 5.41) is 11.6. The molecule has 1 aromatic heterocycles. The number of nitrogens with zero attached hydrogens (tertiary/aromatic N) is 1. The van der Waals surface area contributed by atoms with Gasteiger partial charge in [-0.05, 0) is 35.4 Å². The Labute approximate surface area is 191 Å². The van der Waals surface area contributed by atoms with E-state index in [-0.39, 0.29) is 10.7 Å². The normalized spacial score (nSPS) is 16.6. The van der Waals surface area contributed by atoms with Crippen LogP contribution in [-0.4, -0.2) is 37.2 Å². The van der Waals surface area contributed by atoms with Crippen molar-refractivity contribution >= 4 is 80.4 Å². The molecule has 1 atom stereocenters. The highest BCUT2D eigenvalue weighted by Gasteiger charge is 2.40. The average molecular weight is 477 g/mol. The minimum absolute atomic E-state index is 0.126. The third-order valence-corrected chi connectivity index (χ3v) is 6.65. The van der Waals surface area contributed by atoms with E-state index in [1.165, 1.54) is 4.90 Å². The molecule has 0 spiro atoms. The predicted molar refractivity (Wildman–Crippen MR) is 125 cm³/mol. The average Bonchev–Trinajstić information content (AvgIpc) is 3.23. The molecule has 1 unspecified atom stereocenters. The second kappa shape index (κ2) is 8.43. The summed E-state index contributed by atoms with van der Waals surface area (Å²) in [7, 11) is 0. The standard InChI is InChI=1S/C21H14Cl2N2O3S2/c22-13-6-5-11(15(23)9-13)8-18-19(26)25(21(29)30-18)17(20(27)28)7-12-10-24-16-4-2-1-3-14(12)16/h1-6,8-10,17,24H,7H2,(H,27,28)/b18-8-. The molecule has 2 aromatic carbocycles. The highest BCUT2D eigenvalue weighted by Crippen LogP contribution is 2.36. The molecule has 1 fully saturated rings. The van der Waals surface area contributed by atoms with Crippen molar-refractivity contribution in [1.29, 1.82) is 0 Å².